The number of rotatable bonds is 6. The van der Waals surface area contributed by atoms with Crippen LogP contribution in [-0.2, 0) is 9.59 Å². The van der Waals surface area contributed by atoms with E-state index in [4.69, 9.17) is 0 Å². The van der Waals surface area contributed by atoms with Crippen LogP contribution in [0.5, 0.6) is 0 Å². The first kappa shape index (κ1) is 19.6. The second-order valence-electron chi connectivity index (χ2n) is 8.21. The van der Waals surface area contributed by atoms with Crippen molar-refractivity contribution in [2.75, 3.05) is 33.2 Å². The molecular weight excluding hydrogens is 362 g/mol. The molecule has 1 heterocycles. The zero-order valence-electron chi connectivity index (χ0n) is 17.0. The van der Waals surface area contributed by atoms with Crippen molar-refractivity contribution in [1.82, 2.24) is 15.1 Å². The Bertz CT molecular complexity index is 828. The van der Waals surface area contributed by atoms with Crippen molar-refractivity contribution in [3.8, 4) is 0 Å². The molecule has 0 spiro atoms. The van der Waals surface area contributed by atoms with Crippen LogP contribution in [0.25, 0.3) is 0 Å². The summed E-state index contributed by atoms with van der Waals surface area (Å²) in [4.78, 5) is 30.8. The summed E-state index contributed by atoms with van der Waals surface area (Å²) in [5.41, 5.74) is 1.87. The van der Waals surface area contributed by atoms with Crippen LogP contribution in [0.1, 0.15) is 35.9 Å². The quantitative estimate of drug-likeness (QED) is 0.824. The molecule has 0 bridgehead atoms. The molecule has 1 aliphatic carbocycles. The highest BCUT2D eigenvalue weighted by Crippen LogP contribution is 2.43. The number of piperazine rings is 1. The topological polar surface area (TPSA) is 52.6 Å². The van der Waals surface area contributed by atoms with Gasteiger partial charge in [-0.2, -0.15) is 0 Å². The van der Waals surface area contributed by atoms with Gasteiger partial charge in [0.15, 0.2) is 0 Å². The summed E-state index contributed by atoms with van der Waals surface area (Å²) in [6.45, 7) is 3.10. The maximum Gasteiger partial charge on any atom is 0.249 e. The standard InChI is InChI=1S/C24H29N3O2/c1-26-14-16-27(17-15-26)24(29)22(20-10-6-3-7-11-20)25-23(28)21(19-12-13-19)18-8-4-2-5-9-18/h2-11,19,21-22H,12-17H2,1H3,(H,25,28). The molecule has 1 N–H and O–H groups in total. The number of hydrogen-bond donors (Lipinski definition) is 1. The van der Waals surface area contributed by atoms with Gasteiger partial charge in [-0.1, -0.05) is 60.7 Å². The second-order valence-corrected chi connectivity index (χ2v) is 8.21. The van der Waals surface area contributed by atoms with E-state index in [2.05, 4.69) is 17.3 Å². The number of nitrogens with zero attached hydrogens (tertiary/aromatic N) is 2. The Kier molecular flexibility index (Phi) is 5.95. The van der Waals surface area contributed by atoms with E-state index in [1.807, 2.05) is 65.6 Å². The van der Waals surface area contributed by atoms with Crippen LogP contribution in [0.3, 0.4) is 0 Å². The molecule has 152 valence electrons. The van der Waals surface area contributed by atoms with Crippen LogP contribution < -0.4 is 5.32 Å². The minimum Gasteiger partial charge on any atom is -0.340 e. The molecule has 0 aromatic heterocycles. The van der Waals surface area contributed by atoms with E-state index in [1.54, 1.807) is 0 Å². The summed E-state index contributed by atoms with van der Waals surface area (Å²) < 4.78 is 0. The van der Waals surface area contributed by atoms with Crippen LogP contribution >= 0.6 is 0 Å². The molecule has 1 aliphatic heterocycles. The Morgan fingerprint density at radius 1 is 0.862 bits per heavy atom. The van der Waals surface area contributed by atoms with Gasteiger partial charge in [-0.15, -0.1) is 0 Å². The van der Waals surface area contributed by atoms with Crippen molar-refractivity contribution in [3.05, 3.63) is 71.8 Å². The summed E-state index contributed by atoms with van der Waals surface area (Å²) in [6.07, 6.45) is 2.13. The summed E-state index contributed by atoms with van der Waals surface area (Å²) in [5.74, 6) is 0.116. The number of carbonyl (C=O) groups excluding carboxylic acids is 2. The van der Waals surface area contributed by atoms with Crippen molar-refractivity contribution in [2.24, 2.45) is 5.92 Å². The number of carbonyl (C=O) groups is 2. The van der Waals surface area contributed by atoms with Crippen LogP contribution in [0.2, 0.25) is 0 Å². The van der Waals surface area contributed by atoms with Crippen molar-refractivity contribution >= 4 is 11.8 Å². The third-order valence-corrected chi connectivity index (χ3v) is 6.02. The van der Waals surface area contributed by atoms with E-state index in [1.165, 1.54) is 0 Å². The largest absolute Gasteiger partial charge is 0.340 e. The van der Waals surface area contributed by atoms with Crippen LogP contribution in [-0.4, -0.2) is 54.8 Å². The van der Waals surface area contributed by atoms with E-state index in [0.29, 0.717) is 19.0 Å². The minimum absolute atomic E-state index is 0.0136. The predicted molar refractivity (Wildman–Crippen MR) is 113 cm³/mol. The highest BCUT2D eigenvalue weighted by Gasteiger charge is 2.39. The van der Waals surface area contributed by atoms with Crippen LogP contribution in [0.4, 0.5) is 0 Å². The number of amides is 2. The molecule has 2 aliphatic rings. The smallest absolute Gasteiger partial charge is 0.249 e. The lowest BCUT2D eigenvalue weighted by Crippen LogP contribution is -2.51. The first-order valence-electron chi connectivity index (χ1n) is 10.5. The van der Waals surface area contributed by atoms with E-state index in [9.17, 15) is 9.59 Å². The molecule has 1 saturated heterocycles. The lowest BCUT2D eigenvalue weighted by molar-refractivity contribution is -0.138. The first-order chi connectivity index (χ1) is 14.1. The number of nitrogens with one attached hydrogen (secondary N) is 1. The van der Waals surface area contributed by atoms with Gasteiger partial charge in [0.25, 0.3) is 0 Å². The molecule has 1 saturated carbocycles. The molecule has 29 heavy (non-hydrogen) atoms. The van der Waals surface area contributed by atoms with Crippen LogP contribution in [0.15, 0.2) is 60.7 Å². The second kappa shape index (κ2) is 8.78. The molecule has 2 aromatic carbocycles. The SMILES string of the molecule is CN1CCN(C(=O)C(NC(=O)C(c2ccccc2)C2CC2)c2ccccc2)CC1. The van der Waals surface area contributed by atoms with Crippen molar-refractivity contribution in [3.63, 3.8) is 0 Å². The van der Waals surface area contributed by atoms with Gasteiger partial charge in [0.1, 0.15) is 6.04 Å². The molecule has 4 rings (SSSR count). The summed E-state index contributed by atoms with van der Waals surface area (Å²) in [7, 11) is 2.07. The summed E-state index contributed by atoms with van der Waals surface area (Å²) in [6, 6.07) is 18.9. The molecule has 5 nitrogen and oxygen atoms in total. The maximum absolute atomic E-state index is 13.4. The number of hydrogen-bond acceptors (Lipinski definition) is 3. The van der Waals surface area contributed by atoms with Crippen molar-refractivity contribution < 1.29 is 9.59 Å². The Labute approximate surface area is 172 Å². The van der Waals surface area contributed by atoms with Gasteiger partial charge in [-0.25, -0.2) is 0 Å². The lowest BCUT2D eigenvalue weighted by Gasteiger charge is -2.35. The average molecular weight is 392 g/mol. The van der Waals surface area contributed by atoms with Gasteiger partial charge >= 0.3 is 0 Å². The highest BCUT2D eigenvalue weighted by molar-refractivity contribution is 5.91. The molecule has 2 amide bonds. The molecule has 2 aromatic rings. The van der Waals surface area contributed by atoms with Gasteiger partial charge in [0.05, 0.1) is 5.92 Å². The van der Waals surface area contributed by atoms with E-state index < -0.39 is 6.04 Å². The summed E-state index contributed by atoms with van der Waals surface area (Å²) in [5, 5.41) is 3.12. The third-order valence-electron chi connectivity index (χ3n) is 6.02. The molecule has 0 radical (unpaired) electrons. The lowest BCUT2D eigenvalue weighted by atomic mass is 9.92. The van der Waals surface area contributed by atoms with Gasteiger partial charge in [-0.05, 0) is 36.9 Å². The maximum atomic E-state index is 13.4. The molecule has 2 fully saturated rings. The normalized spacial score (nSPS) is 19.4. The van der Waals surface area contributed by atoms with E-state index in [-0.39, 0.29) is 17.7 Å². The van der Waals surface area contributed by atoms with E-state index >= 15 is 0 Å². The first-order valence-corrected chi connectivity index (χ1v) is 10.5. The van der Waals surface area contributed by atoms with Crippen molar-refractivity contribution in [2.45, 2.75) is 24.8 Å². The van der Waals surface area contributed by atoms with Gasteiger partial charge < -0.3 is 15.1 Å². The predicted octanol–water partition coefficient (Wildman–Crippen LogP) is 2.81. The Hall–Kier alpha value is -2.66. The fraction of sp³-hybridized carbons (Fsp3) is 0.417. The minimum atomic E-state index is -0.642. The van der Waals surface area contributed by atoms with E-state index in [0.717, 1.165) is 37.1 Å². The Morgan fingerprint density at radius 2 is 1.41 bits per heavy atom. The highest BCUT2D eigenvalue weighted by atomic mass is 16.2. The third kappa shape index (κ3) is 4.67. The van der Waals surface area contributed by atoms with Gasteiger partial charge in [-0.3, -0.25) is 9.59 Å². The Balaban J connectivity index is 1.56. The van der Waals surface area contributed by atoms with Gasteiger partial charge in [0, 0.05) is 26.2 Å². The van der Waals surface area contributed by atoms with Crippen LogP contribution in [0, 0.1) is 5.92 Å². The number of benzene rings is 2. The molecule has 2 unspecified atom stereocenters. The monoisotopic (exact) mass is 391 g/mol. The molecular formula is C24H29N3O2. The number of likely N-dealkylation sites (N-methyl/N-ethyl adjacent to an activating group) is 1. The zero-order valence-corrected chi connectivity index (χ0v) is 17.0. The van der Waals surface area contributed by atoms with Gasteiger partial charge in [0.2, 0.25) is 11.8 Å². The Morgan fingerprint density at radius 3 is 1.97 bits per heavy atom. The fourth-order valence-electron chi connectivity index (χ4n) is 4.10. The summed E-state index contributed by atoms with van der Waals surface area (Å²) >= 11 is 0. The molecule has 5 heteroatoms. The van der Waals surface area contributed by atoms with Crippen molar-refractivity contribution in [1.29, 1.82) is 0 Å². The average Bonchev–Trinajstić information content (AvgIpc) is 3.59. The molecule has 2 atom stereocenters. The fourth-order valence-corrected chi connectivity index (χ4v) is 4.10. The zero-order chi connectivity index (χ0) is 20.2.